The van der Waals surface area contributed by atoms with E-state index in [9.17, 15) is 4.79 Å². The van der Waals surface area contributed by atoms with E-state index in [1.807, 2.05) is 19.9 Å². The van der Waals surface area contributed by atoms with E-state index in [-0.39, 0.29) is 5.91 Å². The summed E-state index contributed by atoms with van der Waals surface area (Å²) in [6.45, 7) is 7.78. The van der Waals surface area contributed by atoms with Gasteiger partial charge in [0.15, 0.2) is 11.5 Å². The van der Waals surface area contributed by atoms with Crippen LogP contribution in [0.25, 0.3) is 0 Å². The van der Waals surface area contributed by atoms with Crippen molar-refractivity contribution in [2.45, 2.75) is 39.8 Å². The Labute approximate surface area is 201 Å². The second-order valence-corrected chi connectivity index (χ2v) is 8.90. The highest BCUT2D eigenvalue weighted by Gasteiger charge is 2.21. The van der Waals surface area contributed by atoms with Gasteiger partial charge in [-0.3, -0.25) is 9.69 Å². The molecule has 3 aromatic rings. The van der Waals surface area contributed by atoms with Gasteiger partial charge in [0.2, 0.25) is 0 Å². The molecule has 1 aliphatic rings. The van der Waals surface area contributed by atoms with Crippen molar-refractivity contribution in [2.24, 2.45) is 5.92 Å². The van der Waals surface area contributed by atoms with Crippen molar-refractivity contribution in [1.82, 2.24) is 15.4 Å². The number of ether oxygens (including phenoxy) is 2. The van der Waals surface area contributed by atoms with Crippen molar-refractivity contribution in [3.05, 3.63) is 76.7 Å². The van der Waals surface area contributed by atoms with E-state index in [0.29, 0.717) is 36.1 Å². The second kappa shape index (κ2) is 11.2. The molecule has 1 aromatic heterocycles. The summed E-state index contributed by atoms with van der Waals surface area (Å²) in [5.74, 6) is 2.17. The Morgan fingerprint density at radius 3 is 2.74 bits per heavy atom. The number of methoxy groups -OCH3 is 1. The number of aromatic nitrogens is 1. The molecule has 2 aromatic carbocycles. The number of likely N-dealkylation sites (tertiary alicyclic amines) is 1. The first kappa shape index (κ1) is 23.8. The van der Waals surface area contributed by atoms with Crippen LogP contribution < -0.4 is 14.8 Å². The summed E-state index contributed by atoms with van der Waals surface area (Å²) in [5, 5.41) is 7.06. The first-order chi connectivity index (χ1) is 16.5. The Morgan fingerprint density at radius 2 is 2.00 bits per heavy atom. The van der Waals surface area contributed by atoms with E-state index in [1.165, 1.54) is 5.56 Å². The van der Waals surface area contributed by atoms with Gasteiger partial charge < -0.3 is 19.3 Å². The van der Waals surface area contributed by atoms with Gasteiger partial charge in [-0.05, 0) is 62.9 Å². The Kier molecular flexibility index (Phi) is 7.85. The minimum absolute atomic E-state index is 0.101. The molecule has 1 N–H and O–H groups in total. The van der Waals surface area contributed by atoms with E-state index in [4.69, 9.17) is 14.0 Å². The summed E-state index contributed by atoms with van der Waals surface area (Å²) in [6, 6.07) is 15.8. The SMILES string of the molecule is COc1cc(C(=O)NCC2CCCN(Cc3ccccc3)C2)ccc1OCc1c(C)noc1C. The number of aryl methyl sites for hydroxylation is 2. The first-order valence-electron chi connectivity index (χ1n) is 11.8. The number of nitrogens with zero attached hydrogens (tertiary/aromatic N) is 2. The van der Waals surface area contributed by atoms with Crippen LogP contribution in [0.5, 0.6) is 11.5 Å². The van der Waals surface area contributed by atoms with Crippen LogP contribution >= 0.6 is 0 Å². The minimum Gasteiger partial charge on any atom is -0.493 e. The van der Waals surface area contributed by atoms with E-state index in [0.717, 1.165) is 49.5 Å². The average Bonchev–Trinajstić information content (AvgIpc) is 3.18. The maximum atomic E-state index is 12.8. The number of amides is 1. The lowest BCUT2D eigenvalue weighted by atomic mass is 9.97. The standard InChI is InChI=1S/C27H33N3O4/c1-19-24(20(2)34-29-19)18-33-25-12-11-23(14-26(25)32-3)27(31)28-15-22-10-7-13-30(17-22)16-21-8-5-4-6-9-21/h4-6,8-9,11-12,14,22H,7,10,13,15-18H2,1-3H3,(H,28,31). The fourth-order valence-electron chi connectivity index (χ4n) is 4.43. The van der Waals surface area contributed by atoms with Crippen LogP contribution in [0.1, 0.15) is 45.8 Å². The summed E-state index contributed by atoms with van der Waals surface area (Å²) >= 11 is 0. The highest BCUT2D eigenvalue weighted by molar-refractivity contribution is 5.94. The molecule has 2 heterocycles. The first-order valence-corrected chi connectivity index (χ1v) is 11.8. The Morgan fingerprint density at radius 1 is 1.18 bits per heavy atom. The number of hydrogen-bond acceptors (Lipinski definition) is 6. The van der Waals surface area contributed by atoms with Crippen molar-refractivity contribution < 1.29 is 18.8 Å². The van der Waals surface area contributed by atoms with Gasteiger partial charge in [-0.1, -0.05) is 35.5 Å². The van der Waals surface area contributed by atoms with E-state index in [1.54, 1.807) is 25.3 Å². The number of carbonyl (C=O) groups is 1. The molecule has 1 saturated heterocycles. The number of benzene rings is 2. The van der Waals surface area contributed by atoms with Crippen LogP contribution in [0, 0.1) is 19.8 Å². The predicted octanol–water partition coefficient (Wildman–Crippen LogP) is 4.52. The number of rotatable bonds is 9. The van der Waals surface area contributed by atoms with E-state index < -0.39 is 0 Å². The zero-order valence-corrected chi connectivity index (χ0v) is 20.2. The molecule has 34 heavy (non-hydrogen) atoms. The smallest absolute Gasteiger partial charge is 0.251 e. The number of carbonyl (C=O) groups excluding carboxylic acids is 1. The van der Waals surface area contributed by atoms with Crippen molar-refractivity contribution in [3.63, 3.8) is 0 Å². The molecule has 1 fully saturated rings. The lowest BCUT2D eigenvalue weighted by molar-refractivity contribution is 0.0930. The molecular formula is C27H33N3O4. The third-order valence-electron chi connectivity index (χ3n) is 6.38. The van der Waals surface area contributed by atoms with Gasteiger partial charge in [0.25, 0.3) is 5.91 Å². The molecule has 180 valence electrons. The van der Waals surface area contributed by atoms with Gasteiger partial charge in [-0.2, -0.15) is 0 Å². The van der Waals surface area contributed by atoms with Gasteiger partial charge in [0.05, 0.1) is 18.4 Å². The second-order valence-electron chi connectivity index (χ2n) is 8.90. The zero-order valence-electron chi connectivity index (χ0n) is 20.2. The molecule has 1 amide bonds. The Hall–Kier alpha value is -3.32. The van der Waals surface area contributed by atoms with Gasteiger partial charge in [-0.15, -0.1) is 0 Å². The van der Waals surface area contributed by atoms with Crippen LogP contribution in [0.4, 0.5) is 0 Å². The number of hydrogen-bond donors (Lipinski definition) is 1. The predicted molar refractivity (Wildman–Crippen MR) is 130 cm³/mol. The van der Waals surface area contributed by atoms with Crippen LogP contribution in [0.3, 0.4) is 0 Å². The lowest BCUT2D eigenvalue weighted by Crippen LogP contribution is -2.40. The Bertz CT molecular complexity index is 1080. The average molecular weight is 464 g/mol. The molecule has 0 saturated carbocycles. The lowest BCUT2D eigenvalue weighted by Gasteiger charge is -2.32. The molecule has 4 rings (SSSR count). The van der Waals surface area contributed by atoms with Gasteiger partial charge in [0, 0.05) is 25.2 Å². The van der Waals surface area contributed by atoms with Crippen molar-refractivity contribution in [1.29, 1.82) is 0 Å². The molecule has 7 nitrogen and oxygen atoms in total. The molecule has 0 bridgehead atoms. The number of piperidine rings is 1. The van der Waals surface area contributed by atoms with Crippen molar-refractivity contribution in [3.8, 4) is 11.5 Å². The summed E-state index contributed by atoms with van der Waals surface area (Å²) in [4.78, 5) is 15.3. The monoisotopic (exact) mass is 463 g/mol. The summed E-state index contributed by atoms with van der Waals surface area (Å²) in [5.41, 5.74) is 3.60. The van der Waals surface area contributed by atoms with Gasteiger partial charge >= 0.3 is 0 Å². The molecule has 0 spiro atoms. The maximum Gasteiger partial charge on any atom is 0.251 e. The molecule has 7 heteroatoms. The van der Waals surface area contributed by atoms with Gasteiger partial charge in [0.1, 0.15) is 12.4 Å². The quantitative estimate of drug-likeness (QED) is 0.503. The summed E-state index contributed by atoms with van der Waals surface area (Å²) in [6.07, 6.45) is 2.28. The largest absolute Gasteiger partial charge is 0.493 e. The molecule has 0 aliphatic carbocycles. The van der Waals surface area contributed by atoms with Crippen LogP contribution in [0.15, 0.2) is 53.1 Å². The van der Waals surface area contributed by atoms with Crippen LogP contribution in [-0.2, 0) is 13.2 Å². The molecule has 1 atom stereocenters. The minimum atomic E-state index is -0.101. The summed E-state index contributed by atoms with van der Waals surface area (Å²) in [7, 11) is 1.57. The zero-order chi connectivity index (χ0) is 23.9. The fourth-order valence-corrected chi connectivity index (χ4v) is 4.43. The van der Waals surface area contributed by atoms with Crippen molar-refractivity contribution >= 4 is 5.91 Å². The highest BCUT2D eigenvalue weighted by Crippen LogP contribution is 2.29. The Balaban J connectivity index is 1.31. The summed E-state index contributed by atoms with van der Waals surface area (Å²) < 4.78 is 16.6. The normalized spacial score (nSPS) is 16.3. The maximum absolute atomic E-state index is 12.8. The molecule has 1 unspecified atom stereocenters. The van der Waals surface area contributed by atoms with Crippen LogP contribution in [-0.4, -0.2) is 42.7 Å². The van der Waals surface area contributed by atoms with E-state index in [2.05, 4.69) is 39.6 Å². The molecular weight excluding hydrogens is 430 g/mol. The molecule has 0 radical (unpaired) electrons. The van der Waals surface area contributed by atoms with Crippen LogP contribution in [0.2, 0.25) is 0 Å². The molecule has 1 aliphatic heterocycles. The number of nitrogens with one attached hydrogen (secondary N) is 1. The third kappa shape index (κ3) is 5.97. The third-order valence-corrected chi connectivity index (χ3v) is 6.38. The highest BCUT2D eigenvalue weighted by atomic mass is 16.5. The van der Waals surface area contributed by atoms with Crippen molar-refractivity contribution in [2.75, 3.05) is 26.7 Å². The topological polar surface area (TPSA) is 76.8 Å². The fraction of sp³-hybridized carbons (Fsp3) is 0.407. The van der Waals surface area contributed by atoms with Gasteiger partial charge in [-0.25, -0.2) is 0 Å². The van der Waals surface area contributed by atoms with E-state index >= 15 is 0 Å².